The highest BCUT2D eigenvalue weighted by atomic mass is 16.5. The van der Waals surface area contributed by atoms with Crippen LogP contribution in [0.25, 0.3) is 5.69 Å². The summed E-state index contributed by atoms with van der Waals surface area (Å²) < 4.78 is 12.8. The molecule has 0 saturated carbocycles. The van der Waals surface area contributed by atoms with Gasteiger partial charge in [-0.05, 0) is 48.5 Å². The summed E-state index contributed by atoms with van der Waals surface area (Å²) in [5.41, 5.74) is 4.50. The van der Waals surface area contributed by atoms with Gasteiger partial charge in [0.05, 0.1) is 43.5 Å². The van der Waals surface area contributed by atoms with E-state index >= 15 is 0 Å². The first-order valence-corrected chi connectivity index (χ1v) is 11.0. The molecule has 2 fully saturated rings. The lowest BCUT2D eigenvalue weighted by atomic mass is 10.1. The van der Waals surface area contributed by atoms with E-state index in [1.54, 1.807) is 10.9 Å². The molecule has 0 bridgehead atoms. The summed E-state index contributed by atoms with van der Waals surface area (Å²) in [6, 6.07) is 15.6. The van der Waals surface area contributed by atoms with E-state index in [9.17, 15) is 4.79 Å². The predicted octanol–water partition coefficient (Wildman–Crippen LogP) is 2.80. The summed E-state index contributed by atoms with van der Waals surface area (Å²) in [6.07, 6.45) is 3.61. The molecule has 166 valence electrons. The summed E-state index contributed by atoms with van der Waals surface area (Å²) in [5.74, 6) is -0.134. The van der Waals surface area contributed by atoms with Crippen LogP contribution in [0.4, 0.5) is 17.1 Å². The maximum Gasteiger partial charge on any atom is 0.255 e. The molecule has 8 heteroatoms. The number of carbonyl (C=O) groups is 1. The quantitative estimate of drug-likeness (QED) is 0.667. The fourth-order valence-electron chi connectivity index (χ4n) is 4.09. The monoisotopic (exact) mass is 433 g/mol. The van der Waals surface area contributed by atoms with Crippen molar-refractivity contribution in [2.75, 3.05) is 67.7 Å². The number of ether oxygens (including phenoxy) is 2. The Balaban J connectivity index is 1.38. The number of carbonyl (C=O) groups excluding carboxylic acids is 1. The van der Waals surface area contributed by atoms with Crippen molar-refractivity contribution in [1.82, 2.24) is 9.78 Å². The number of aromatic nitrogens is 2. The lowest BCUT2D eigenvalue weighted by Gasteiger charge is -2.33. The van der Waals surface area contributed by atoms with E-state index in [0.29, 0.717) is 18.8 Å². The van der Waals surface area contributed by atoms with E-state index < -0.39 is 0 Å². The molecule has 5 rings (SSSR count). The Morgan fingerprint density at radius 1 is 0.844 bits per heavy atom. The highest BCUT2D eigenvalue weighted by Crippen LogP contribution is 2.32. The molecule has 1 N–H and O–H groups in total. The van der Waals surface area contributed by atoms with Crippen LogP contribution >= 0.6 is 0 Å². The molecule has 0 spiro atoms. The predicted molar refractivity (Wildman–Crippen MR) is 124 cm³/mol. The number of nitrogens with one attached hydrogen (secondary N) is 1. The Bertz CT molecular complexity index is 1040. The molecule has 2 aliphatic rings. The molecule has 2 aliphatic heterocycles. The van der Waals surface area contributed by atoms with Crippen molar-refractivity contribution in [2.24, 2.45) is 0 Å². The first kappa shape index (κ1) is 20.5. The van der Waals surface area contributed by atoms with E-state index in [-0.39, 0.29) is 5.91 Å². The van der Waals surface area contributed by atoms with Gasteiger partial charge in [-0.1, -0.05) is 0 Å². The van der Waals surface area contributed by atoms with Crippen LogP contribution in [-0.2, 0) is 9.47 Å². The van der Waals surface area contributed by atoms with Crippen molar-refractivity contribution in [1.29, 1.82) is 0 Å². The molecule has 0 atom stereocenters. The minimum atomic E-state index is -0.134. The zero-order valence-electron chi connectivity index (χ0n) is 17.9. The zero-order valence-corrected chi connectivity index (χ0v) is 17.9. The maximum atomic E-state index is 13.0. The zero-order chi connectivity index (χ0) is 21.8. The first-order chi connectivity index (χ1) is 15.8. The van der Waals surface area contributed by atoms with Crippen LogP contribution in [0.2, 0.25) is 0 Å². The van der Waals surface area contributed by atoms with Crippen molar-refractivity contribution < 1.29 is 14.3 Å². The molecule has 3 aromatic rings. The lowest BCUT2D eigenvalue weighted by Crippen LogP contribution is -2.38. The van der Waals surface area contributed by atoms with Crippen LogP contribution in [0, 0.1) is 0 Å². The Labute approximate surface area is 187 Å². The minimum absolute atomic E-state index is 0.134. The van der Waals surface area contributed by atoms with E-state index in [4.69, 9.17) is 9.47 Å². The molecule has 0 radical (unpaired) electrons. The molecular formula is C24H27N5O3. The first-order valence-electron chi connectivity index (χ1n) is 11.0. The van der Waals surface area contributed by atoms with Crippen molar-refractivity contribution >= 4 is 23.0 Å². The van der Waals surface area contributed by atoms with Crippen LogP contribution < -0.4 is 15.1 Å². The Hall–Kier alpha value is -3.36. The lowest BCUT2D eigenvalue weighted by molar-refractivity contribution is 0.102. The molecule has 0 unspecified atom stereocenters. The third kappa shape index (κ3) is 4.46. The summed E-state index contributed by atoms with van der Waals surface area (Å²) in [5, 5.41) is 7.35. The highest BCUT2D eigenvalue weighted by Gasteiger charge is 2.20. The van der Waals surface area contributed by atoms with Gasteiger partial charge in [0.15, 0.2) is 0 Å². The van der Waals surface area contributed by atoms with Gasteiger partial charge in [0, 0.05) is 49.8 Å². The van der Waals surface area contributed by atoms with Crippen LogP contribution in [0.5, 0.6) is 0 Å². The smallest absolute Gasteiger partial charge is 0.255 e. The van der Waals surface area contributed by atoms with Gasteiger partial charge >= 0.3 is 0 Å². The molecule has 0 aliphatic carbocycles. The third-order valence-corrected chi connectivity index (χ3v) is 5.86. The Morgan fingerprint density at radius 3 is 2.16 bits per heavy atom. The maximum absolute atomic E-state index is 13.0. The molecule has 3 heterocycles. The second kappa shape index (κ2) is 9.42. The fraction of sp³-hybridized carbons (Fsp3) is 0.333. The van der Waals surface area contributed by atoms with E-state index in [1.807, 2.05) is 42.6 Å². The summed E-state index contributed by atoms with van der Waals surface area (Å²) in [7, 11) is 0. The van der Waals surface area contributed by atoms with Crippen LogP contribution in [0.1, 0.15) is 10.4 Å². The average Bonchev–Trinajstić information content (AvgIpc) is 3.41. The molecule has 2 aromatic carbocycles. The Kier molecular flexibility index (Phi) is 6.04. The van der Waals surface area contributed by atoms with Crippen molar-refractivity contribution in [3.63, 3.8) is 0 Å². The number of hydrogen-bond acceptors (Lipinski definition) is 6. The van der Waals surface area contributed by atoms with Gasteiger partial charge in [-0.2, -0.15) is 5.10 Å². The van der Waals surface area contributed by atoms with Gasteiger partial charge < -0.3 is 24.6 Å². The van der Waals surface area contributed by atoms with Crippen molar-refractivity contribution in [3.05, 3.63) is 66.5 Å². The third-order valence-electron chi connectivity index (χ3n) is 5.86. The van der Waals surface area contributed by atoms with Gasteiger partial charge in [-0.25, -0.2) is 4.68 Å². The minimum Gasteiger partial charge on any atom is -0.378 e. The van der Waals surface area contributed by atoms with E-state index in [1.165, 1.54) is 0 Å². The van der Waals surface area contributed by atoms with E-state index in [2.05, 4.69) is 32.3 Å². The van der Waals surface area contributed by atoms with Gasteiger partial charge in [0.25, 0.3) is 5.91 Å². The summed E-state index contributed by atoms with van der Waals surface area (Å²) in [6.45, 7) is 6.18. The number of hydrogen-bond donors (Lipinski definition) is 1. The van der Waals surface area contributed by atoms with E-state index in [0.717, 1.165) is 62.1 Å². The normalized spacial score (nSPS) is 16.8. The second-order valence-electron chi connectivity index (χ2n) is 7.85. The fourth-order valence-corrected chi connectivity index (χ4v) is 4.09. The van der Waals surface area contributed by atoms with Gasteiger partial charge in [-0.15, -0.1) is 0 Å². The van der Waals surface area contributed by atoms with Crippen LogP contribution in [-0.4, -0.2) is 68.3 Å². The number of morpholine rings is 2. The number of amides is 1. The summed E-state index contributed by atoms with van der Waals surface area (Å²) in [4.78, 5) is 17.6. The highest BCUT2D eigenvalue weighted by molar-refractivity contribution is 6.06. The van der Waals surface area contributed by atoms with Gasteiger partial charge in [0.1, 0.15) is 0 Å². The largest absolute Gasteiger partial charge is 0.378 e. The number of nitrogens with zero attached hydrogens (tertiary/aromatic N) is 4. The number of rotatable bonds is 5. The molecule has 8 nitrogen and oxygen atoms in total. The second-order valence-corrected chi connectivity index (χ2v) is 7.85. The molecular weight excluding hydrogens is 406 g/mol. The average molecular weight is 434 g/mol. The van der Waals surface area contributed by atoms with Gasteiger partial charge in [-0.3, -0.25) is 4.79 Å². The topological polar surface area (TPSA) is 71.9 Å². The molecule has 1 amide bonds. The molecule has 32 heavy (non-hydrogen) atoms. The van der Waals surface area contributed by atoms with Crippen molar-refractivity contribution in [3.8, 4) is 5.69 Å². The number of benzene rings is 2. The van der Waals surface area contributed by atoms with Gasteiger partial charge in [0.2, 0.25) is 0 Å². The summed E-state index contributed by atoms with van der Waals surface area (Å²) >= 11 is 0. The molecule has 1 aromatic heterocycles. The van der Waals surface area contributed by atoms with Crippen molar-refractivity contribution in [2.45, 2.75) is 0 Å². The number of anilines is 3. The van der Waals surface area contributed by atoms with Crippen LogP contribution in [0.15, 0.2) is 60.9 Å². The molecule has 2 saturated heterocycles. The SMILES string of the molecule is O=C(Nc1ccc(N2CCOCC2)cc1N1CCOCC1)c1ccc(-n2cccn2)cc1. The Morgan fingerprint density at radius 2 is 1.50 bits per heavy atom. The standard InChI is InChI=1S/C24H27N5O3/c30-24(19-2-4-20(5-3-19)29-9-1-8-25-29)26-22-7-6-21(27-10-14-31-15-11-27)18-23(22)28-12-16-32-17-13-28/h1-9,18H,10-17H2,(H,26,30). The van der Waals surface area contributed by atoms with Crippen LogP contribution in [0.3, 0.4) is 0 Å².